The molecular weight excluding hydrogens is 254 g/mol. The Kier molecular flexibility index (Phi) is 3.47. The quantitative estimate of drug-likeness (QED) is 0.836. The van der Waals surface area contributed by atoms with Crippen molar-refractivity contribution in [1.29, 1.82) is 0 Å². The highest BCUT2D eigenvalue weighted by atomic mass is 35.5. The SMILES string of the molecule is Cc1cnc(C(=O)Nc2nc(C)cc(Cl)n2)cn1. The van der Waals surface area contributed by atoms with Crippen LogP contribution in [0.2, 0.25) is 5.15 Å². The monoisotopic (exact) mass is 263 g/mol. The van der Waals surface area contributed by atoms with Crippen LogP contribution >= 0.6 is 11.6 Å². The normalized spacial score (nSPS) is 10.2. The van der Waals surface area contributed by atoms with Crippen LogP contribution in [0.25, 0.3) is 0 Å². The first-order chi connectivity index (χ1) is 8.54. The van der Waals surface area contributed by atoms with Gasteiger partial charge in [0, 0.05) is 11.9 Å². The van der Waals surface area contributed by atoms with Crippen molar-refractivity contribution in [3.63, 3.8) is 0 Å². The molecule has 0 unspecified atom stereocenters. The number of nitrogens with one attached hydrogen (secondary N) is 1. The van der Waals surface area contributed by atoms with Gasteiger partial charge in [0.2, 0.25) is 5.95 Å². The van der Waals surface area contributed by atoms with Crippen LogP contribution in [0.3, 0.4) is 0 Å². The number of carbonyl (C=O) groups excluding carboxylic acids is 1. The van der Waals surface area contributed by atoms with Gasteiger partial charge in [0.25, 0.3) is 5.91 Å². The van der Waals surface area contributed by atoms with Crippen molar-refractivity contribution < 1.29 is 4.79 Å². The minimum atomic E-state index is -0.427. The molecule has 2 aromatic rings. The molecule has 0 fully saturated rings. The maximum Gasteiger partial charge on any atom is 0.278 e. The maximum atomic E-state index is 11.8. The fraction of sp³-hybridized carbons (Fsp3) is 0.182. The molecule has 0 aliphatic rings. The van der Waals surface area contributed by atoms with E-state index in [0.717, 1.165) is 5.69 Å². The van der Waals surface area contributed by atoms with Gasteiger partial charge in [0.1, 0.15) is 10.8 Å². The first kappa shape index (κ1) is 12.4. The average molecular weight is 264 g/mol. The molecule has 0 saturated carbocycles. The lowest BCUT2D eigenvalue weighted by Gasteiger charge is -2.04. The zero-order valence-electron chi connectivity index (χ0n) is 9.81. The van der Waals surface area contributed by atoms with E-state index in [4.69, 9.17) is 11.6 Å². The predicted molar refractivity (Wildman–Crippen MR) is 66.5 cm³/mol. The zero-order valence-corrected chi connectivity index (χ0v) is 10.6. The Hall–Kier alpha value is -2.08. The van der Waals surface area contributed by atoms with Crippen LogP contribution in [-0.2, 0) is 0 Å². The van der Waals surface area contributed by atoms with Gasteiger partial charge in [0.15, 0.2) is 0 Å². The molecule has 0 aliphatic carbocycles. The number of rotatable bonds is 2. The number of aromatic nitrogens is 4. The molecule has 2 aromatic heterocycles. The minimum absolute atomic E-state index is 0.146. The van der Waals surface area contributed by atoms with Crippen molar-refractivity contribution in [2.24, 2.45) is 0 Å². The molecule has 0 bridgehead atoms. The molecule has 1 amide bonds. The van der Waals surface area contributed by atoms with Crippen LogP contribution in [-0.4, -0.2) is 25.8 Å². The summed E-state index contributed by atoms with van der Waals surface area (Å²) in [6.07, 6.45) is 2.90. The summed E-state index contributed by atoms with van der Waals surface area (Å²) in [7, 11) is 0. The second-order valence-corrected chi connectivity index (χ2v) is 4.04. The largest absolute Gasteiger partial charge is 0.289 e. The van der Waals surface area contributed by atoms with E-state index in [2.05, 4.69) is 25.3 Å². The average Bonchev–Trinajstić information content (AvgIpc) is 2.28. The van der Waals surface area contributed by atoms with E-state index in [1.807, 2.05) is 0 Å². The van der Waals surface area contributed by atoms with Gasteiger partial charge in [-0.2, -0.15) is 0 Å². The highest BCUT2D eigenvalue weighted by Gasteiger charge is 2.10. The summed E-state index contributed by atoms with van der Waals surface area (Å²) in [6, 6.07) is 1.60. The standard InChI is InChI=1S/C11H10ClN5O/c1-6-3-9(12)16-11(15-6)17-10(18)8-5-13-7(2)4-14-8/h3-5H,1-2H3,(H,15,16,17,18). The second kappa shape index (κ2) is 5.05. The summed E-state index contributed by atoms with van der Waals surface area (Å²) in [6.45, 7) is 3.55. The third-order valence-corrected chi connectivity index (χ3v) is 2.26. The number of hydrogen-bond donors (Lipinski definition) is 1. The Morgan fingerprint density at radius 3 is 2.56 bits per heavy atom. The van der Waals surface area contributed by atoms with Crippen molar-refractivity contribution in [2.75, 3.05) is 5.32 Å². The third-order valence-electron chi connectivity index (χ3n) is 2.06. The van der Waals surface area contributed by atoms with E-state index in [1.54, 1.807) is 19.9 Å². The lowest BCUT2D eigenvalue weighted by Crippen LogP contribution is -2.16. The van der Waals surface area contributed by atoms with Gasteiger partial charge in [-0.05, 0) is 19.9 Å². The van der Waals surface area contributed by atoms with E-state index in [0.29, 0.717) is 5.69 Å². The molecule has 0 aromatic carbocycles. The van der Waals surface area contributed by atoms with Gasteiger partial charge in [-0.3, -0.25) is 15.1 Å². The van der Waals surface area contributed by atoms with Crippen LogP contribution in [0.15, 0.2) is 18.5 Å². The van der Waals surface area contributed by atoms with Crippen molar-refractivity contribution in [3.8, 4) is 0 Å². The number of nitrogens with zero attached hydrogens (tertiary/aromatic N) is 4. The molecule has 7 heteroatoms. The lowest BCUT2D eigenvalue weighted by atomic mass is 10.4. The molecule has 0 atom stereocenters. The van der Waals surface area contributed by atoms with Gasteiger partial charge in [-0.25, -0.2) is 15.0 Å². The summed E-state index contributed by atoms with van der Waals surface area (Å²) in [5, 5.41) is 2.78. The Labute approximate surface area is 108 Å². The molecule has 2 rings (SSSR count). The molecule has 18 heavy (non-hydrogen) atoms. The summed E-state index contributed by atoms with van der Waals surface area (Å²) in [5.74, 6) is -0.281. The van der Waals surface area contributed by atoms with Gasteiger partial charge >= 0.3 is 0 Å². The number of halogens is 1. The summed E-state index contributed by atoms with van der Waals surface area (Å²) in [5.41, 5.74) is 1.60. The minimum Gasteiger partial charge on any atom is -0.289 e. The Morgan fingerprint density at radius 2 is 1.94 bits per heavy atom. The third kappa shape index (κ3) is 2.98. The van der Waals surface area contributed by atoms with E-state index in [9.17, 15) is 4.79 Å². The molecule has 0 spiro atoms. The molecule has 92 valence electrons. The fourth-order valence-electron chi connectivity index (χ4n) is 1.26. The smallest absolute Gasteiger partial charge is 0.278 e. The molecule has 1 N–H and O–H groups in total. The predicted octanol–water partition coefficient (Wildman–Crippen LogP) is 1.79. The van der Waals surface area contributed by atoms with Crippen molar-refractivity contribution in [1.82, 2.24) is 19.9 Å². The van der Waals surface area contributed by atoms with Gasteiger partial charge in [-0.1, -0.05) is 11.6 Å². The topological polar surface area (TPSA) is 80.7 Å². The van der Waals surface area contributed by atoms with E-state index < -0.39 is 5.91 Å². The highest BCUT2D eigenvalue weighted by molar-refractivity contribution is 6.29. The van der Waals surface area contributed by atoms with Crippen LogP contribution < -0.4 is 5.32 Å². The van der Waals surface area contributed by atoms with Crippen LogP contribution in [0, 0.1) is 13.8 Å². The molecule has 2 heterocycles. The molecular formula is C11H10ClN5O. The number of aryl methyl sites for hydroxylation is 2. The van der Waals surface area contributed by atoms with Crippen molar-refractivity contribution in [3.05, 3.63) is 40.7 Å². The first-order valence-corrected chi connectivity index (χ1v) is 5.53. The van der Waals surface area contributed by atoms with Crippen molar-refractivity contribution >= 4 is 23.5 Å². The second-order valence-electron chi connectivity index (χ2n) is 3.65. The Balaban J connectivity index is 2.18. The van der Waals surface area contributed by atoms with Gasteiger partial charge in [-0.15, -0.1) is 0 Å². The fourth-order valence-corrected chi connectivity index (χ4v) is 1.50. The van der Waals surface area contributed by atoms with Gasteiger partial charge < -0.3 is 0 Å². The Morgan fingerprint density at radius 1 is 1.17 bits per heavy atom. The molecule has 0 saturated heterocycles. The van der Waals surface area contributed by atoms with E-state index in [-0.39, 0.29) is 16.8 Å². The van der Waals surface area contributed by atoms with Crippen LogP contribution in [0.4, 0.5) is 5.95 Å². The van der Waals surface area contributed by atoms with Crippen LogP contribution in [0.1, 0.15) is 21.9 Å². The molecule has 0 aliphatic heterocycles. The Bertz CT molecular complexity index is 564. The summed E-state index contributed by atoms with van der Waals surface area (Å²) >= 11 is 5.77. The molecule has 0 radical (unpaired) electrons. The number of hydrogen-bond acceptors (Lipinski definition) is 5. The van der Waals surface area contributed by atoms with E-state index in [1.165, 1.54) is 12.4 Å². The lowest BCUT2D eigenvalue weighted by molar-refractivity contribution is 0.102. The summed E-state index contributed by atoms with van der Waals surface area (Å²) < 4.78 is 0. The van der Waals surface area contributed by atoms with Crippen LogP contribution in [0.5, 0.6) is 0 Å². The number of carbonyl (C=O) groups is 1. The highest BCUT2D eigenvalue weighted by Crippen LogP contribution is 2.10. The van der Waals surface area contributed by atoms with Crippen molar-refractivity contribution in [2.45, 2.75) is 13.8 Å². The maximum absolute atomic E-state index is 11.8. The first-order valence-electron chi connectivity index (χ1n) is 5.16. The van der Waals surface area contributed by atoms with Gasteiger partial charge in [0.05, 0.1) is 11.9 Å². The zero-order chi connectivity index (χ0) is 13.1. The van der Waals surface area contributed by atoms with E-state index >= 15 is 0 Å². The number of anilines is 1. The summed E-state index contributed by atoms with van der Waals surface area (Å²) in [4.78, 5) is 27.7. The molecule has 6 nitrogen and oxygen atoms in total. The number of amides is 1.